The van der Waals surface area contributed by atoms with E-state index in [0.29, 0.717) is 11.1 Å². The molecule has 0 radical (unpaired) electrons. The van der Waals surface area contributed by atoms with E-state index in [-0.39, 0.29) is 12.0 Å². The zero-order valence-corrected chi connectivity index (χ0v) is 11.2. The predicted molar refractivity (Wildman–Crippen MR) is 76.4 cm³/mol. The lowest BCUT2D eigenvalue weighted by Gasteiger charge is -2.27. The van der Waals surface area contributed by atoms with Crippen LogP contribution >= 0.6 is 0 Å². The number of primary amides is 1. The molecule has 2 aromatic carbocycles. The molecule has 1 unspecified atom stereocenters. The molecule has 0 aliphatic carbocycles. The van der Waals surface area contributed by atoms with Crippen LogP contribution in [-0.2, 0) is 21.6 Å². The Labute approximate surface area is 121 Å². The van der Waals surface area contributed by atoms with Gasteiger partial charge in [0.05, 0.1) is 6.42 Å². The number of carbonyl (C=O) groups excluding carboxylic acids is 1. The Hall–Kier alpha value is -2.66. The molecule has 0 saturated carbocycles. The van der Waals surface area contributed by atoms with E-state index in [2.05, 4.69) is 0 Å². The number of carbonyl (C=O) groups is 2. The average molecular weight is 285 g/mol. The van der Waals surface area contributed by atoms with Gasteiger partial charge in [0, 0.05) is 5.56 Å². The monoisotopic (exact) mass is 285 g/mol. The SMILES string of the molecule is NC(=O)C(O)(c1ccccc1)c1ccccc1CC(=O)O. The van der Waals surface area contributed by atoms with Gasteiger partial charge in [-0.2, -0.15) is 0 Å². The minimum absolute atomic E-state index is 0.186. The molecule has 0 aromatic heterocycles. The van der Waals surface area contributed by atoms with Gasteiger partial charge >= 0.3 is 5.97 Å². The van der Waals surface area contributed by atoms with Gasteiger partial charge < -0.3 is 15.9 Å². The predicted octanol–water partition coefficient (Wildman–Crippen LogP) is 1.03. The number of amides is 1. The van der Waals surface area contributed by atoms with Gasteiger partial charge in [0.2, 0.25) is 0 Å². The molecule has 0 saturated heterocycles. The van der Waals surface area contributed by atoms with E-state index in [1.165, 1.54) is 6.07 Å². The summed E-state index contributed by atoms with van der Waals surface area (Å²) in [5.74, 6) is -2.01. The Balaban J connectivity index is 2.64. The van der Waals surface area contributed by atoms with Crippen molar-refractivity contribution in [3.63, 3.8) is 0 Å². The summed E-state index contributed by atoms with van der Waals surface area (Å²) in [5, 5.41) is 19.8. The van der Waals surface area contributed by atoms with E-state index in [1.54, 1.807) is 48.5 Å². The summed E-state index contributed by atoms with van der Waals surface area (Å²) in [6, 6.07) is 14.6. The van der Waals surface area contributed by atoms with Crippen molar-refractivity contribution in [3.8, 4) is 0 Å². The molecule has 5 heteroatoms. The molecule has 0 bridgehead atoms. The lowest BCUT2D eigenvalue weighted by molar-refractivity contribution is -0.137. The van der Waals surface area contributed by atoms with E-state index in [9.17, 15) is 14.7 Å². The van der Waals surface area contributed by atoms with Gasteiger partial charge in [0.25, 0.3) is 5.91 Å². The number of rotatable bonds is 5. The third kappa shape index (κ3) is 2.78. The minimum Gasteiger partial charge on any atom is -0.481 e. The van der Waals surface area contributed by atoms with E-state index in [4.69, 9.17) is 10.8 Å². The molecule has 0 aliphatic rings. The molecule has 0 aliphatic heterocycles. The van der Waals surface area contributed by atoms with Gasteiger partial charge in [0.15, 0.2) is 5.60 Å². The summed E-state index contributed by atoms with van der Waals surface area (Å²) < 4.78 is 0. The number of carboxylic acids is 1. The van der Waals surface area contributed by atoms with Crippen molar-refractivity contribution in [2.45, 2.75) is 12.0 Å². The molecule has 1 amide bonds. The lowest BCUT2D eigenvalue weighted by Crippen LogP contribution is -2.43. The molecule has 4 N–H and O–H groups in total. The normalized spacial score (nSPS) is 13.4. The highest BCUT2D eigenvalue weighted by Crippen LogP contribution is 2.32. The first kappa shape index (κ1) is 14.7. The van der Waals surface area contributed by atoms with Crippen LogP contribution in [0.2, 0.25) is 0 Å². The van der Waals surface area contributed by atoms with E-state index >= 15 is 0 Å². The fourth-order valence-electron chi connectivity index (χ4n) is 2.30. The Bertz CT molecular complexity index is 669. The molecule has 2 aromatic rings. The topological polar surface area (TPSA) is 101 Å². The quantitative estimate of drug-likeness (QED) is 0.764. The van der Waals surface area contributed by atoms with Crippen LogP contribution in [0.1, 0.15) is 16.7 Å². The average Bonchev–Trinajstić information content (AvgIpc) is 2.47. The zero-order valence-electron chi connectivity index (χ0n) is 11.2. The number of aliphatic carboxylic acids is 1. The van der Waals surface area contributed by atoms with Gasteiger partial charge in [-0.25, -0.2) is 0 Å². The number of carboxylic acid groups (broad SMARTS) is 1. The van der Waals surface area contributed by atoms with E-state index in [0.717, 1.165) is 0 Å². The first-order chi connectivity index (χ1) is 9.96. The summed E-state index contributed by atoms with van der Waals surface area (Å²) in [5.41, 5.74) is 4.17. The lowest BCUT2D eigenvalue weighted by atomic mass is 9.82. The van der Waals surface area contributed by atoms with E-state index in [1.807, 2.05) is 0 Å². The molecular weight excluding hydrogens is 270 g/mol. The van der Waals surface area contributed by atoms with Gasteiger partial charge in [-0.05, 0) is 11.1 Å². The van der Waals surface area contributed by atoms with Crippen LogP contribution in [0.4, 0.5) is 0 Å². The second-order valence-electron chi connectivity index (χ2n) is 4.67. The Morgan fingerprint density at radius 2 is 1.57 bits per heavy atom. The third-order valence-corrected chi connectivity index (χ3v) is 3.30. The summed E-state index contributed by atoms with van der Waals surface area (Å²) in [4.78, 5) is 22.8. The Morgan fingerprint density at radius 1 is 1.00 bits per heavy atom. The summed E-state index contributed by atoms with van der Waals surface area (Å²) in [7, 11) is 0. The molecule has 21 heavy (non-hydrogen) atoms. The van der Waals surface area contributed by atoms with Crippen molar-refractivity contribution >= 4 is 11.9 Å². The summed E-state index contributed by atoms with van der Waals surface area (Å²) >= 11 is 0. The van der Waals surface area contributed by atoms with Crippen molar-refractivity contribution in [2.24, 2.45) is 5.73 Å². The van der Waals surface area contributed by atoms with Crippen LogP contribution in [0.25, 0.3) is 0 Å². The smallest absolute Gasteiger partial charge is 0.307 e. The first-order valence-electron chi connectivity index (χ1n) is 6.34. The van der Waals surface area contributed by atoms with Crippen LogP contribution < -0.4 is 5.73 Å². The van der Waals surface area contributed by atoms with Gasteiger partial charge in [-0.3, -0.25) is 9.59 Å². The second kappa shape index (κ2) is 5.76. The fourth-order valence-corrected chi connectivity index (χ4v) is 2.30. The maximum atomic E-state index is 11.9. The van der Waals surface area contributed by atoms with Crippen molar-refractivity contribution in [1.29, 1.82) is 0 Å². The third-order valence-electron chi connectivity index (χ3n) is 3.30. The maximum Gasteiger partial charge on any atom is 0.307 e. The van der Waals surface area contributed by atoms with Crippen molar-refractivity contribution < 1.29 is 19.8 Å². The summed E-state index contributed by atoms with van der Waals surface area (Å²) in [6.07, 6.45) is -0.307. The van der Waals surface area contributed by atoms with Crippen LogP contribution in [0.15, 0.2) is 54.6 Å². The van der Waals surface area contributed by atoms with Gasteiger partial charge in [-0.15, -0.1) is 0 Å². The van der Waals surface area contributed by atoms with Crippen LogP contribution in [0.3, 0.4) is 0 Å². The minimum atomic E-state index is -2.06. The van der Waals surface area contributed by atoms with Crippen LogP contribution in [0, 0.1) is 0 Å². The molecule has 1 atom stereocenters. The highest BCUT2D eigenvalue weighted by molar-refractivity contribution is 5.89. The highest BCUT2D eigenvalue weighted by atomic mass is 16.4. The molecule has 0 fully saturated rings. The first-order valence-corrected chi connectivity index (χ1v) is 6.34. The van der Waals surface area contributed by atoms with Crippen LogP contribution in [-0.4, -0.2) is 22.1 Å². The number of hydrogen-bond donors (Lipinski definition) is 3. The largest absolute Gasteiger partial charge is 0.481 e. The Kier molecular flexibility index (Phi) is 4.05. The second-order valence-corrected chi connectivity index (χ2v) is 4.67. The number of benzene rings is 2. The zero-order chi connectivity index (χ0) is 15.5. The molecule has 0 spiro atoms. The number of hydrogen-bond acceptors (Lipinski definition) is 3. The van der Waals surface area contributed by atoms with Crippen molar-refractivity contribution in [2.75, 3.05) is 0 Å². The molecular formula is C16H15NO4. The Morgan fingerprint density at radius 3 is 2.14 bits per heavy atom. The standard InChI is InChI=1S/C16H15NO4/c17-15(20)16(21,12-7-2-1-3-8-12)13-9-5-4-6-11(13)10-14(18)19/h1-9,21H,10H2,(H2,17,20)(H,18,19). The van der Waals surface area contributed by atoms with Gasteiger partial charge in [-0.1, -0.05) is 54.6 Å². The maximum absolute atomic E-state index is 11.9. The van der Waals surface area contributed by atoms with Crippen molar-refractivity contribution in [1.82, 2.24) is 0 Å². The van der Waals surface area contributed by atoms with Gasteiger partial charge in [0.1, 0.15) is 0 Å². The molecule has 0 heterocycles. The molecule has 108 valence electrons. The van der Waals surface area contributed by atoms with Crippen LogP contribution in [0.5, 0.6) is 0 Å². The highest BCUT2D eigenvalue weighted by Gasteiger charge is 2.39. The number of nitrogens with two attached hydrogens (primary N) is 1. The number of aliphatic hydroxyl groups is 1. The summed E-state index contributed by atoms with van der Waals surface area (Å²) in [6.45, 7) is 0. The van der Waals surface area contributed by atoms with E-state index < -0.39 is 17.5 Å². The molecule has 5 nitrogen and oxygen atoms in total. The fraction of sp³-hybridized carbons (Fsp3) is 0.125. The molecule has 2 rings (SSSR count). The van der Waals surface area contributed by atoms with Crippen molar-refractivity contribution in [3.05, 3.63) is 71.3 Å².